The fourth-order valence-electron chi connectivity index (χ4n) is 1.76. The number of hydrazine groups is 1. The molecule has 3 N–H and O–H groups in total. The quantitative estimate of drug-likeness (QED) is 0.640. The zero-order valence-corrected chi connectivity index (χ0v) is 10.8. The van der Waals surface area contributed by atoms with Crippen LogP contribution in [0.5, 0.6) is 0 Å². The van der Waals surface area contributed by atoms with Crippen molar-refractivity contribution in [2.45, 2.75) is 6.92 Å². The molecule has 98 valence electrons. The molecule has 0 radical (unpaired) electrons. The molecule has 2 rings (SSSR count). The number of nitrogen functional groups attached to an aromatic ring is 1. The van der Waals surface area contributed by atoms with Crippen LogP contribution in [0.1, 0.15) is 16.1 Å². The Morgan fingerprint density at radius 1 is 1.32 bits per heavy atom. The minimum atomic E-state index is -0.237. The topological polar surface area (TPSA) is 84.1 Å². The summed E-state index contributed by atoms with van der Waals surface area (Å²) in [4.78, 5) is 21.9. The number of carbonyl (C=O) groups is 1. The highest BCUT2D eigenvalue weighted by Gasteiger charge is 2.16. The van der Waals surface area contributed by atoms with Crippen molar-refractivity contribution in [2.75, 3.05) is 17.4 Å². The molecule has 1 aromatic carbocycles. The highest BCUT2D eigenvalue weighted by Crippen LogP contribution is 2.19. The number of amides is 1. The average molecular weight is 257 g/mol. The van der Waals surface area contributed by atoms with Crippen LogP contribution in [-0.2, 0) is 0 Å². The van der Waals surface area contributed by atoms with E-state index in [0.717, 1.165) is 11.3 Å². The summed E-state index contributed by atoms with van der Waals surface area (Å²) < 4.78 is 0. The summed E-state index contributed by atoms with van der Waals surface area (Å²) in [6.45, 7) is 1.95. The molecule has 2 aromatic rings. The van der Waals surface area contributed by atoms with Gasteiger partial charge < -0.3 is 10.3 Å². The van der Waals surface area contributed by atoms with Gasteiger partial charge in [0.1, 0.15) is 5.69 Å². The lowest BCUT2D eigenvalue weighted by Gasteiger charge is -2.19. The predicted octanol–water partition coefficient (Wildman–Crippen LogP) is 1.35. The van der Waals surface area contributed by atoms with Crippen molar-refractivity contribution in [2.24, 2.45) is 5.84 Å². The lowest BCUT2D eigenvalue weighted by molar-refractivity contribution is 0.0988. The third-order valence-electron chi connectivity index (χ3n) is 2.78. The van der Waals surface area contributed by atoms with Crippen LogP contribution in [0.3, 0.4) is 0 Å². The van der Waals surface area contributed by atoms with Gasteiger partial charge in [0, 0.05) is 12.7 Å². The van der Waals surface area contributed by atoms with Gasteiger partial charge in [-0.1, -0.05) is 18.2 Å². The number of aromatic nitrogens is 2. The maximum Gasteiger partial charge on any atom is 0.278 e. The molecule has 0 aliphatic carbocycles. The van der Waals surface area contributed by atoms with E-state index in [-0.39, 0.29) is 11.6 Å². The summed E-state index contributed by atoms with van der Waals surface area (Å²) in [7, 11) is 1.70. The van der Waals surface area contributed by atoms with Crippen molar-refractivity contribution in [3.63, 3.8) is 0 Å². The number of hydrogen-bond acceptors (Lipinski definition) is 5. The molecule has 0 aliphatic rings. The first-order chi connectivity index (χ1) is 9.13. The van der Waals surface area contributed by atoms with Crippen molar-refractivity contribution < 1.29 is 4.79 Å². The van der Waals surface area contributed by atoms with Crippen LogP contribution in [0.15, 0.2) is 36.7 Å². The van der Waals surface area contributed by atoms with Gasteiger partial charge in [-0.3, -0.25) is 9.78 Å². The molecule has 0 spiro atoms. The van der Waals surface area contributed by atoms with Crippen molar-refractivity contribution in [3.8, 4) is 0 Å². The van der Waals surface area contributed by atoms with Crippen LogP contribution in [0.4, 0.5) is 11.5 Å². The largest absolute Gasteiger partial charge is 0.310 e. The first-order valence-electron chi connectivity index (χ1n) is 5.76. The Morgan fingerprint density at radius 3 is 2.74 bits per heavy atom. The van der Waals surface area contributed by atoms with Gasteiger partial charge in [0.05, 0.1) is 12.4 Å². The summed E-state index contributed by atoms with van der Waals surface area (Å²) in [5.41, 5.74) is 4.45. The fraction of sp³-hybridized carbons (Fsp3) is 0.154. The first kappa shape index (κ1) is 13.0. The van der Waals surface area contributed by atoms with Gasteiger partial charge in [0.2, 0.25) is 0 Å². The molecule has 1 heterocycles. The monoisotopic (exact) mass is 257 g/mol. The van der Waals surface area contributed by atoms with Gasteiger partial charge >= 0.3 is 0 Å². The highest BCUT2D eigenvalue weighted by atomic mass is 16.2. The summed E-state index contributed by atoms with van der Waals surface area (Å²) in [5, 5.41) is 0. The minimum Gasteiger partial charge on any atom is -0.310 e. The highest BCUT2D eigenvalue weighted by molar-refractivity contribution is 6.04. The predicted molar refractivity (Wildman–Crippen MR) is 73.8 cm³/mol. The number of anilines is 2. The molecule has 1 aromatic heterocycles. The molecule has 1 amide bonds. The number of para-hydroxylation sites is 1. The van der Waals surface area contributed by atoms with E-state index in [0.29, 0.717) is 5.82 Å². The molecule has 6 nitrogen and oxygen atoms in total. The maximum absolute atomic E-state index is 12.3. The van der Waals surface area contributed by atoms with E-state index >= 15 is 0 Å². The smallest absolute Gasteiger partial charge is 0.278 e. The van der Waals surface area contributed by atoms with Crippen LogP contribution in [0.25, 0.3) is 0 Å². The van der Waals surface area contributed by atoms with E-state index in [2.05, 4.69) is 15.4 Å². The molecule has 0 saturated heterocycles. The van der Waals surface area contributed by atoms with Crippen molar-refractivity contribution in [1.82, 2.24) is 9.97 Å². The van der Waals surface area contributed by atoms with E-state index in [9.17, 15) is 4.79 Å². The number of nitrogens with two attached hydrogens (primary N) is 1. The number of rotatable bonds is 3. The van der Waals surface area contributed by atoms with Crippen LogP contribution < -0.4 is 16.2 Å². The summed E-state index contributed by atoms with van der Waals surface area (Å²) in [6.07, 6.45) is 2.86. The Morgan fingerprint density at radius 2 is 2.05 bits per heavy atom. The molecular formula is C13H15N5O. The molecule has 0 aliphatic heterocycles. The number of nitrogens with one attached hydrogen (secondary N) is 1. The molecule has 0 atom stereocenters. The Kier molecular flexibility index (Phi) is 3.72. The van der Waals surface area contributed by atoms with E-state index in [1.54, 1.807) is 11.9 Å². The van der Waals surface area contributed by atoms with E-state index in [1.165, 1.54) is 12.4 Å². The minimum absolute atomic E-state index is 0.237. The standard InChI is InChI=1S/C13H15N5O/c1-9-5-3-4-6-11(9)18(2)13(19)10-7-15-8-12(16-10)17-14/h3-8H,14H2,1-2H3,(H,16,17). The van der Waals surface area contributed by atoms with E-state index in [4.69, 9.17) is 5.84 Å². The Bertz CT molecular complexity index is 599. The van der Waals surface area contributed by atoms with Gasteiger partial charge in [-0.2, -0.15) is 0 Å². The van der Waals surface area contributed by atoms with Gasteiger partial charge in [-0.15, -0.1) is 0 Å². The summed E-state index contributed by atoms with van der Waals surface area (Å²) >= 11 is 0. The molecular weight excluding hydrogens is 242 g/mol. The second kappa shape index (κ2) is 5.45. The molecule has 6 heteroatoms. The third kappa shape index (κ3) is 2.69. The number of carbonyl (C=O) groups excluding carboxylic acids is 1. The first-order valence-corrected chi connectivity index (χ1v) is 5.76. The second-order valence-electron chi connectivity index (χ2n) is 4.08. The van der Waals surface area contributed by atoms with Gasteiger partial charge in [0.25, 0.3) is 5.91 Å². The van der Waals surface area contributed by atoms with Crippen LogP contribution in [-0.4, -0.2) is 22.9 Å². The molecule has 19 heavy (non-hydrogen) atoms. The third-order valence-corrected chi connectivity index (χ3v) is 2.78. The zero-order chi connectivity index (χ0) is 13.8. The Balaban J connectivity index is 2.31. The van der Waals surface area contributed by atoms with Gasteiger partial charge in [-0.25, -0.2) is 10.8 Å². The SMILES string of the molecule is Cc1ccccc1N(C)C(=O)c1cncc(NN)n1. The van der Waals surface area contributed by atoms with Crippen LogP contribution in [0, 0.1) is 6.92 Å². The summed E-state index contributed by atoms with van der Waals surface area (Å²) in [6, 6.07) is 7.64. The molecule has 0 fully saturated rings. The van der Waals surface area contributed by atoms with E-state index in [1.807, 2.05) is 31.2 Å². The molecule has 0 unspecified atom stereocenters. The Hall–Kier alpha value is -2.47. The van der Waals surface area contributed by atoms with Crippen molar-refractivity contribution >= 4 is 17.4 Å². The number of benzene rings is 1. The summed E-state index contributed by atoms with van der Waals surface area (Å²) in [5.74, 6) is 5.37. The average Bonchev–Trinajstić information content (AvgIpc) is 2.46. The van der Waals surface area contributed by atoms with Crippen molar-refractivity contribution in [3.05, 3.63) is 47.9 Å². The lowest BCUT2D eigenvalue weighted by Crippen LogP contribution is -2.28. The van der Waals surface area contributed by atoms with Crippen molar-refractivity contribution in [1.29, 1.82) is 0 Å². The van der Waals surface area contributed by atoms with Crippen LogP contribution >= 0.6 is 0 Å². The lowest BCUT2D eigenvalue weighted by atomic mass is 10.2. The van der Waals surface area contributed by atoms with Gasteiger partial charge in [0.15, 0.2) is 5.82 Å². The normalized spacial score (nSPS) is 10.1. The molecule has 0 bridgehead atoms. The number of hydrogen-bond donors (Lipinski definition) is 2. The molecule has 0 saturated carbocycles. The van der Waals surface area contributed by atoms with Gasteiger partial charge in [-0.05, 0) is 18.6 Å². The van der Waals surface area contributed by atoms with Crippen LogP contribution in [0.2, 0.25) is 0 Å². The Labute approximate surface area is 111 Å². The number of nitrogens with zero attached hydrogens (tertiary/aromatic N) is 3. The zero-order valence-electron chi connectivity index (χ0n) is 10.8. The maximum atomic E-state index is 12.3. The second-order valence-corrected chi connectivity index (χ2v) is 4.08. The van der Waals surface area contributed by atoms with E-state index < -0.39 is 0 Å². The fourth-order valence-corrected chi connectivity index (χ4v) is 1.76. The number of aryl methyl sites for hydroxylation is 1.